The molecule has 0 unspecified atom stereocenters. The molecule has 138 valence electrons. The van der Waals surface area contributed by atoms with Crippen molar-refractivity contribution >= 4 is 32.9 Å². The molecule has 5 aromatic rings. The summed E-state index contributed by atoms with van der Waals surface area (Å²) < 4.78 is 7.76. The Morgan fingerprint density at radius 2 is 2.04 bits per heavy atom. The quantitative estimate of drug-likeness (QED) is 0.491. The first-order valence-corrected chi connectivity index (χ1v) is 9.50. The minimum absolute atomic E-state index is 0.0499. The predicted octanol–water partition coefficient (Wildman–Crippen LogP) is 4.64. The van der Waals surface area contributed by atoms with E-state index in [0.717, 1.165) is 51.3 Å². The fraction of sp³-hybridized carbons (Fsp3) is 0.227. The highest BCUT2D eigenvalue weighted by Crippen LogP contribution is 2.40. The number of pyridine rings is 1. The van der Waals surface area contributed by atoms with Crippen LogP contribution < -0.4 is 5.56 Å². The van der Waals surface area contributed by atoms with Gasteiger partial charge in [0.05, 0.1) is 17.2 Å². The molecule has 1 N–H and O–H groups in total. The van der Waals surface area contributed by atoms with Crippen molar-refractivity contribution in [2.45, 2.75) is 32.7 Å². The Morgan fingerprint density at radius 3 is 2.86 bits per heavy atom. The smallest absolute Gasteiger partial charge is 0.281 e. The van der Waals surface area contributed by atoms with Crippen LogP contribution in [0.4, 0.5) is 0 Å². The zero-order valence-corrected chi connectivity index (χ0v) is 15.6. The van der Waals surface area contributed by atoms with Crippen molar-refractivity contribution < 1.29 is 4.42 Å². The zero-order chi connectivity index (χ0) is 19.0. The van der Waals surface area contributed by atoms with Crippen LogP contribution in [0.3, 0.4) is 0 Å². The maximum atomic E-state index is 13.2. The molecule has 1 aliphatic rings. The van der Waals surface area contributed by atoms with E-state index < -0.39 is 0 Å². The Hall–Kier alpha value is -3.41. The SMILES string of the molecule is Cc1nc2c(=O)n(C3CC3)c3c(C)c(-c4ccc5cn[nH]c5c4)ccc3c2o1. The fourth-order valence-corrected chi connectivity index (χ4v) is 4.26. The van der Waals surface area contributed by atoms with Gasteiger partial charge in [0.15, 0.2) is 17.0 Å². The van der Waals surface area contributed by atoms with Crippen LogP contribution in [-0.4, -0.2) is 19.7 Å². The molecule has 6 nitrogen and oxygen atoms in total. The van der Waals surface area contributed by atoms with Gasteiger partial charge in [0.1, 0.15) is 0 Å². The van der Waals surface area contributed by atoms with E-state index in [4.69, 9.17) is 4.42 Å². The van der Waals surface area contributed by atoms with E-state index in [1.807, 2.05) is 10.8 Å². The predicted molar refractivity (Wildman–Crippen MR) is 109 cm³/mol. The first kappa shape index (κ1) is 15.6. The molecule has 0 bridgehead atoms. The molecule has 0 spiro atoms. The normalized spacial score (nSPS) is 14.5. The maximum Gasteiger partial charge on any atom is 0.281 e. The van der Waals surface area contributed by atoms with Gasteiger partial charge in [-0.1, -0.05) is 18.2 Å². The molecule has 3 heterocycles. The van der Waals surface area contributed by atoms with E-state index in [2.05, 4.69) is 52.4 Å². The van der Waals surface area contributed by atoms with Gasteiger partial charge >= 0.3 is 0 Å². The molecular weight excluding hydrogens is 352 g/mol. The molecule has 1 aliphatic carbocycles. The van der Waals surface area contributed by atoms with Gasteiger partial charge < -0.3 is 8.98 Å². The number of hydrogen-bond donors (Lipinski definition) is 1. The molecule has 0 radical (unpaired) electrons. The summed E-state index contributed by atoms with van der Waals surface area (Å²) in [5, 5.41) is 9.18. The van der Waals surface area contributed by atoms with Crippen LogP contribution >= 0.6 is 0 Å². The first-order valence-electron chi connectivity index (χ1n) is 9.50. The number of H-pyrrole nitrogens is 1. The molecule has 6 heteroatoms. The number of nitrogens with one attached hydrogen (secondary N) is 1. The van der Waals surface area contributed by atoms with Gasteiger partial charge in [-0.15, -0.1) is 0 Å². The van der Waals surface area contributed by atoms with Gasteiger partial charge in [-0.3, -0.25) is 9.89 Å². The Labute approximate surface area is 159 Å². The monoisotopic (exact) mass is 370 g/mol. The highest BCUT2D eigenvalue weighted by molar-refractivity contribution is 6.04. The summed E-state index contributed by atoms with van der Waals surface area (Å²) in [5.41, 5.74) is 6.21. The number of aromatic nitrogens is 4. The van der Waals surface area contributed by atoms with Crippen LogP contribution in [-0.2, 0) is 0 Å². The van der Waals surface area contributed by atoms with E-state index in [9.17, 15) is 4.79 Å². The van der Waals surface area contributed by atoms with Gasteiger partial charge in [-0.25, -0.2) is 4.98 Å². The lowest BCUT2D eigenvalue weighted by molar-refractivity contribution is 0.563. The van der Waals surface area contributed by atoms with E-state index in [1.54, 1.807) is 6.92 Å². The fourth-order valence-electron chi connectivity index (χ4n) is 4.26. The van der Waals surface area contributed by atoms with Crippen molar-refractivity contribution in [2.75, 3.05) is 0 Å². The first-order chi connectivity index (χ1) is 13.6. The number of rotatable bonds is 2. The summed E-state index contributed by atoms with van der Waals surface area (Å²) in [6.07, 6.45) is 3.88. The highest BCUT2D eigenvalue weighted by Gasteiger charge is 2.30. The number of benzene rings is 2. The molecule has 0 amide bonds. The molecular formula is C22H18N4O2. The lowest BCUT2D eigenvalue weighted by atomic mass is 9.96. The Bertz CT molecular complexity index is 1470. The van der Waals surface area contributed by atoms with Crippen molar-refractivity contribution in [2.24, 2.45) is 0 Å². The summed E-state index contributed by atoms with van der Waals surface area (Å²) in [6, 6.07) is 10.7. The van der Waals surface area contributed by atoms with Gasteiger partial charge in [0.25, 0.3) is 5.56 Å². The minimum atomic E-state index is -0.0499. The van der Waals surface area contributed by atoms with Crippen LogP contribution in [0.1, 0.15) is 30.3 Å². The van der Waals surface area contributed by atoms with Crippen LogP contribution in [0.25, 0.3) is 44.0 Å². The molecule has 0 aliphatic heterocycles. The second-order valence-electron chi connectivity index (χ2n) is 7.62. The number of hydrogen-bond acceptors (Lipinski definition) is 4. The Morgan fingerprint density at radius 1 is 1.18 bits per heavy atom. The van der Waals surface area contributed by atoms with Crippen molar-refractivity contribution in [3.8, 4) is 11.1 Å². The third-order valence-electron chi connectivity index (χ3n) is 5.74. The summed E-state index contributed by atoms with van der Waals surface area (Å²) in [4.78, 5) is 17.6. The number of fused-ring (bicyclic) bond motifs is 4. The number of aryl methyl sites for hydroxylation is 2. The van der Waals surface area contributed by atoms with Crippen molar-refractivity contribution in [1.82, 2.24) is 19.7 Å². The molecule has 28 heavy (non-hydrogen) atoms. The molecule has 3 aromatic heterocycles. The number of nitrogens with zero attached hydrogens (tertiary/aromatic N) is 3. The van der Waals surface area contributed by atoms with E-state index in [-0.39, 0.29) is 11.6 Å². The van der Waals surface area contributed by atoms with Gasteiger partial charge in [0.2, 0.25) is 0 Å². The van der Waals surface area contributed by atoms with Crippen LogP contribution in [0, 0.1) is 13.8 Å². The maximum absolute atomic E-state index is 13.2. The molecule has 0 atom stereocenters. The van der Waals surface area contributed by atoms with Gasteiger partial charge in [-0.2, -0.15) is 5.10 Å². The molecule has 2 aromatic carbocycles. The zero-order valence-electron chi connectivity index (χ0n) is 15.6. The summed E-state index contributed by atoms with van der Waals surface area (Å²) >= 11 is 0. The van der Waals surface area contributed by atoms with Crippen molar-refractivity contribution in [3.63, 3.8) is 0 Å². The minimum Gasteiger partial charge on any atom is -0.440 e. The summed E-state index contributed by atoms with van der Waals surface area (Å²) in [6.45, 7) is 3.87. The average molecular weight is 370 g/mol. The van der Waals surface area contributed by atoms with Crippen molar-refractivity contribution in [3.05, 3.63) is 58.3 Å². The van der Waals surface area contributed by atoms with Crippen LogP contribution in [0.2, 0.25) is 0 Å². The topological polar surface area (TPSA) is 76.7 Å². The highest BCUT2D eigenvalue weighted by atomic mass is 16.3. The summed E-state index contributed by atoms with van der Waals surface area (Å²) in [5.74, 6) is 0.522. The Kier molecular flexibility index (Phi) is 2.97. The Balaban J connectivity index is 1.73. The molecule has 0 saturated heterocycles. The average Bonchev–Trinajstić information content (AvgIpc) is 3.26. The second kappa shape index (κ2) is 5.32. The molecule has 1 saturated carbocycles. The second-order valence-corrected chi connectivity index (χ2v) is 7.62. The van der Waals surface area contributed by atoms with E-state index in [0.29, 0.717) is 17.0 Å². The van der Waals surface area contributed by atoms with E-state index in [1.165, 1.54) is 0 Å². The van der Waals surface area contributed by atoms with Gasteiger partial charge in [0, 0.05) is 23.7 Å². The molecule has 1 fully saturated rings. The van der Waals surface area contributed by atoms with Gasteiger partial charge in [-0.05, 0) is 48.6 Å². The van der Waals surface area contributed by atoms with E-state index >= 15 is 0 Å². The molecule has 6 rings (SSSR count). The van der Waals surface area contributed by atoms with Crippen molar-refractivity contribution in [1.29, 1.82) is 0 Å². The lowest BCUT2D eigenvalue weighted by Gasteiger charge is -2.15. The third-order valence-corrected chi connectivity index (χ3v) is 5.74. The number of aromatic amines is 1. The van der Waals surface area contributed by atoms with Crippen LogP contribution in [0.15, 0.2) is 45.7 Å². The third kappa shape index (κ3) is 2.05. The summed E-state index contributed by atoms with van der Waals surface area (Å²) in [7, 11) is 0. The largest absolute Gasteiger partial charge is 0.440 e. The lowest BCUT2D eigenvalue weighted by Crippen LogP contribution is -2.20. The standard InChI is InChI=1S/C22H18N4O2/c1-11-16(13-3-4-14-10-23-25-18(14)9-13)7-8-17-20(11)26(15-5-6-15)22(27)19-21(17)28-12(2)24-19/h3-4,7-10,15H,5-6H2,1-2H3,(H,23,25). The van der Waals surface area contributed by atoms with Crippen LogP contribution in [0.5, 0.6) is 0 Å². The number of oxazole rings is 1.